The summed E-state index contributed by atoms with van der Waals surface area (Å²) in [6, 6.07) is 0. The Balaban J connectivity index is 3.83. The van der Waals surface area contributed by atoms with Gasteiger partial charge in [-0.05, 0) is 0 Å². The van der Waals surface area contributed by atoms with Crippen molar-refractivity contribution >= 4 is 5.97 Å². The topological polar surface area (TPSA) is 63.3 Å². The molecule has 0 saturated carbocycles. The largest absolute Gasteiger partial charge is 0.481 e. The number of halogens is 2. The number of carbonyl (C=O) groups is 1. The van der Waals surface area contributed by atoms with Gasteiger partial charge in [-0.15, -0.1) is 0 Å². The summed E-state index contributed by atoms with van der Waals surface area (Å²) < 4.78 is 23.0. The maximum absolute atomic E-state index is 11.5. The number of nitrogens with two attached hydrogens (primary N) is 1. The Labute approximate surface area is 50.5 Å². The van der Waals surface area contributed by atoms with Gasteiger partial charge in [0, 0.05) is 6.54 Å². The first-order valence-electron chi connectivity index (χ1n) is 2.30. The smallest absolute Gasteiger partial charge is 0.313 e. The number of carboxylic acids is 1. The van der Waals surface area contributed by atoms with Crippen LogP contribution in [0.2, 0.25) is 0 Å². The van der Waals surface area contributed by atoms with Crippen LogP contribution in [0.4, 0.5) is 8.78 Å². The zero-order valence-electron chi connectivity index (χ0n) is 4.55. The Morgan fingerprint density at radius 1 is 1.67 bits per heavy atom. The standard InChI is InChI=1S/C4H7F2NO2/c5-3(6)2(1-7)4(8)9/h2-3H,1,7H2,(H,8,9)/t2-/m0/s1. The van der Waals surface area contributed by atoms with Crippen molar-refractivity contribution in [3.63, 3.8) is 0 Å². The number of hydrogen-bond donors (Lipinski definition) is 2. The van der Waals surface area contributed by atoms with Gasteiger partial charge in [0.15, 0.2) is 0 Å². The Morgan fingerprint density at radius 2 is 2.11 bits per heavy atom. The summed E-state index contributed by atoms with van der Waals surface area (Å²) in [5.74, 6) is -3.27. The van der Waals surface area contributed by atoms with Crippen molar-refractivity contribution in [2.75, 3.05) is 6.54 Å². The van der Waals surface area contributed by atoms with Gasteiger partial charge in [-0.25, -0.2) is 8.78 Å². The molecule has 0 saturated heterocycles. The van der Waals surface area contributed by atoms with Gasteiger partial charge in [0.1, 0.15) is 5.92 Å². The molecule has 0 heterocycles. The molecule has 0 aromatic carbocycles. The fourth-order valence-electron chi connectivity index (χ4n) is 0.311. The zero-order chi connectivity index (χ0) is 7.44. The van der Waals surface area contributed by atoms with Crippen LogP contribution in [0.3, 0.4) is 0 Å². The molecule has 0 amide bonds. The van der Waals surface area contributed by atoms with E-state index in [1.54, 1.807) is 0 Å². The predicted molar refractivity (Wildman–Crippen MR) is 26.2 cm³/mol. The molecule has 0 spiro atoms. The minimum Gasteiger partial charge on any atom is -0.481 e. The van der Waals surface area contributed by atoms with Gasteiger partial charge in [-0.2, -0.15) is 0 Å². The van der Waals surface area contributed by atoms with Gasteiger partial charge in [0.25, 0.3) is 6.43 Å². The van der Waals surface area contributed by atoms with E-state index in [1.165, 1.54) is 0 Å². The van der Waals surface area contributed by atoms with Crippen LogP contribution in [0.15, 0.2) is 0 Å². The molecule has 0 aliphatic heterocycles. The first-order chi connectivity index (χ1) is 4.09. The predicted octanol–water partition coefficient (Wildman–Crippen LogP) is -0.0890. The Hall–Kier alpha value is -0.710. The second-order valence-electron chi connectivity index (χ2n) is 1.51. The van der Waals surface area contributed by atoms with Crippen LogP contribution in [-0.4, -0.2) is 24.0 Å². The lowest BCUT2D eigenvalue weighted by atomic mass is 10.2. The SMILES string of the molecule is NC[C@H](C(=O)O)C(F)F. The second kappa shape index (κ2) is 3.34. The van der Waals surface area contributed by atoms with Gasteiger partial charge >= 0.3 is 5.97 Å². The Kier molecular flexibility index (Phi) is 3.08. The Bertz CT molecular complexity index is 107. The fourth-order valence-corrected chi connectivity index (χ4v) is 0.311. The van der Waals surface area contributed by atoms with E-state index in [2.05, 4.69) is 0 Å². The summed E-state index contributed by atoms with van der Waals surface area (Å²) >= 11 is 0. The lowest BCUT2D eigenvalue weighted by Crippen LogP contribution is -2.29. The van der Waals surface area contributed by atoms with Crippen LogP contribution in [0.25, 0.3) is 0 Å². The van der Waals surface area contributed by atoms with E-state index in [4.69, 9.17) is 10.8 Å². The summed E-state index contributed by atoms with van der Waals surface area (Å²) in [5, 5.41) is 7.98. The van der Waals surface area contributed by atoms with Gasteiger partial charge in [0.2, 0.25) is 0 Å². The number of rotatable bonds is 3. The quantitative estimate of drug-likeness (QED) is 0.574. The number of aliphatic carboxylic acids is 1. The first kappa shape index (κ1) is 8.29. The molecule has 0 rings (SSSR count). The molecule has 1 atom stereocenters. The summed E-state index contributed by atoms with van der Waals surface area (Å²) in [5.41, 5.74) is 4.71. The maximum atomic E-state index is 11.5. The van der Waals surface area contributed by atoms with E-state index in [1.807, 2.05) is 0 Å². The second-order valence-corrected chi connectivity index (χ2v) is 1.51. The monoisotopic (exact) mass is 139 g/mol. The first-order valence-corrected chi connectivity index (χ1v) is 2.30. The van der Waals surface area contributed by atoms with Crippen LogP contribution in [0, 0.1) is 5.92 Å². The van der Waals surface area contributed by atoms with Crippen molar-refractivity contribution in [2.24, 2.45) is 11.7 Å². The van der Waals surface area contributed by atoms with Crippen molar-refractivity contribution in [1.82, 2.24) is 0 Å². The van der Waals surface area contributed by atoms with E-state index in [-0.39, 0.29) is 0 Å². The van der Waals surface area contributed by atoms with E-state index in [0.717, 1.165) is 0 Å². The highest BCUT2D eigenvalue weighted by Crippen LogP contribution is 2.07. The van der Waals surface area contributed by atoms with Crippen LogP contribution < -0.4 is 5.73 Å². The highest BCUT2D eigenvalue weighted by Gasteiger charge is 2.25. The van der Waals surface area contributed by atoms with Crippen molar-refractivity contribution in [2.45, 2.75) is 6.43 Å². The lowest BCUT2D eigenvalue weighted by molar-refractivity contribution is -0.146. The third kappa shape index (κ3) is 2.36. The zero-order valence-corrected chi connectivity index (χ0v) is 4.55. The van der Waals surface area contributed by atoms with Crippen LogP contribution in [0.1, 0.15) is 0 Å². The molecule has 3 nitrogen and oxygen atoms in total. The molecule has 0 radical (unpaired) electrons. The van der Waals surface area contributed by atoms with Gasteiger partial charge in [-0.3, -0.25) is 4.79 Å². The van der Waals surface area contributed by atoms with Crippen molar-refractivity contribution in [3.05, 3.63) is 0 Å². The normalized spacial score (nSPS) is 13.8. The minimum absolute atomic E-state index is 0.521. The average Bonchev–Trinajstić information content (AvgIpc) is 1.64. The van der Waals surface area contributed by atoms with Crippen LogP contribution in [0.5, 0.6) is 0 Å². The highest BCUT2D eigenvalue weighted by atomic mass is 19.3. The molecule has 0 unspecified atom stereocenters. The summed E-state index contributed by atoms with van der Waals surface area (Å²) in [6.07, 6.45) is -2.87. The number of alkyl halides is 2. The lowest BCUT2D eigenvalue weighted by Gasteiger charge is -2.05. The molecule has 0 aromatic heterocycles. The van der Waals surface area contributed by atoms with Crippen molar-refractivity contribution in [1.29, 1.82) is 0 Å². The summed E-state index contributed by atoms with van der Waals surface area (Å²) in [6.45, 7) is -0.521. The van der Waals surface area contributed by atoms with E-state index in [0.29, 0.717) is 0 Å². The van der Waals surface area contributed by atoms with Crippen LogP contribution >= 0.6 is 0 Å². The number of hydrogen-bond acceptors (Lipinski definition) is 2. The molecule has 0 fully saturated rings. The van der Waals surface area contributed by atoms with Crippen LogP contribution in [-0.2, 0) is 4.79 Å². The maximum Gasteiger partial charge on any atom is 0.313 e. The third-order valence-electron chi connectivity index (χ3n) is 0.875. The Morgan fingerprint density at radius 3 is 2.11 bits per heavy atom. The summed E-state index contributed by atoms with van der Waals surface area (Å²) in [7, 11) is 0. The molecule has 9 heavy (non-hydrogen) atoms. The van der Waals surface area contributed by atoms with E-state index in [9.17, 15) is 13.6 Å². The van der Waals surface area contributed by atoms with E-state index >= 15 is 0 Å². The van der Waals surface area contributed by atoms with Gasteiger partial charge in [-0.1, -0.05) is 0 Å². The van der Waals surface area contributed by atoms with Crippen molar-refractivity contribution < 1.29 is 18.7 Å². The molecule has 54 valence electrons. The molecule has 0 aliphatic carbocycles. The fraction of sp³-hybridized carbons (Fsp3) is 0.750. The van der Waals surface area contributed by atoms with Gasteiger partial charge < -0.3 is 10.8 Å². The molecular weight excluding hydrogens is 132 g/mol. The van der Waals surface area contributed by atoms with Crippen molar-refractivity contribution in [3.8, 4) is 0 Å². The average molecular weight is 139 g/mol. The molecule has 0 aromatic rings. The molecule has 5 heteroatoms. The molecule has 0 bridgehead atoms. The molecule has 3 N–H and O–H groups in total. The highest BCUT2D eigenvalue weighted by molar-refractivity contribution is 5.70. The minimum atomic E-state index is -2.87. The van der Waals surface area contributed by atoms with E-state index < -0.39 is 24.9 Å². The molecular formula is C4H7F2NO2. The van der Waals surface area contributed by atoms with Gasteiger partial charge in [0.05, 0.1) is 0 Å². The summed E-state index contributed by atoms with van der Waals surface area (Å²) in [4.78, 5) is 9.81. The number of carboxylic acid groups (broad SMARTS) is 1. The molecule has 0 aliphatic rings. The third-order valence-corrected chi connectivity index (χ3v) is 0.875.